The molecule has 0 atom stereocenters. The molecule has 1 heterocycles. The lowest BCUT2D eigenvalue weighted by Gasteiger charge is -2.08. The van der Waals surface area contributed by atoms with Crippen molar-refractivity contribution in [3.05, 3.63) is 59.9 Å². The second-order valence-corrected chi connectivity index (χ2v) is 4.97. The van der Waals surface area contributed by atoms with Crippen LogP contribution in [0.1, 0.15) is 11.4 Å². The molecule has 112 valence electrons. The van der Waals surface area contributed by atoms with Crippen LogP contribution in [0, 0.1) is 0 Å². The van der Waals surface area contributed by atoms with Crippen LogP contribution in [-0.4, -0.2) is 23.0 Å². The minimum Gasteiger partial charge on any atom is -0.496 e. The monoisotopic (exact) mass is 295 g/mol. The standard InChI is InChI=1S/C17H17N3O2/c1-22-15-9-5-2-6-12(15)10-17(21)18-11-16-19-13-7-3-4-8-14(13)20-16/h2-9H,10-11H2,1H3,(H,18,21)(H,19,20). The maximum absolute atomic E-state index is 12.1. The molecule has 0 aliphatic rings. The van der Waals surface area contributed by atoms with E-state index in [0.29, 0.717) is 6.54 Å². The van der Waals surface area contributed by atoms with Gasteiger partial charge in [-0.2, -0.15) is 0 Å². The zero-order valence-corrected chi connectivity index (χ0v) is 12.3. The van der Waals surface area contributed by atoms with Crippen LogP contribution < -0.4 is 10.1 Å². The summed E-state index contributed by atoms with van der Waals surface area (Å²) in [5, 5.41) is 2.87. The Morgan fingerprint density at radius 1 is 1.18 bits per heavy atom. The molecule has 3 rings (SSSR count). The Hall–Kier alpha value is -2.82. The number of amides is 1. The van der Waals surface area contributed by atoms with Crippen LogP contribution >= 0.6 is 0 Å². The summed E-state index contributed by atoms with van der Waals surface area (Å²) in [4.78, 5) is 19.7. The summed E-state index contributed by atoms with van der Waals surface area (Å²) < 4.78 is 5.25. The van der Waals surface area contributed by atoms with Gasteiger partial charge in [-0.25, -0.2) is 4.98 Å². The molecule has 0 saturated heterocycles. The first-order valence-electron chi connectivity index (χ1n) is 7.08. The number of nitrogens with zero attached hydrogens (tertiary/aromatic N) is 1. The molecular formula is C17H17N3O2. The van der Waals surface area contributed by atoms with Gasteiger partial charge in [0.25, 0.3) is 0 Å². The van der Waals surface area contributed by atoms with E-state index >= 15 is 0 Å². The summed E-state index contributed by atoms with van der Waals surface area (Å²) >= 11 is 0. The van der Waals surface area contributed by atoms with Gasteiger partial charge in [0.15, 0.2) is 0 Å². The molecule has 5 heteroatoms. The maximum Gasteiger partial charge on any atom is 0.224 e. The van der Waals surface area contributed by atoms with E-state index in [1.165, 1.54) is 0 Å². The molecule has 0 radical (unpaired) electrons. The molecule has 0 aliphatic heterocycles. The van der Waals surface area contributed by atoms with Crippen molar-refractivity contribution in [2.45, 2.75) is 13.0 Å². The number of nitrogens with one attached hydrogen (secondary N) is 2. The molecular weight excluding hydrogens is 278 g/mol. The van der Waals surface area contributed by atoms with Crippen LogP contribution in [0.25, 0.3) is 11.0 Å². The highest BCUT2D eigenvalue weighted by Gasteiger charge is 2.09. The number of carbonyl (C=O) groups is 1. The number of para-hydroxylation sites is 3. The summed E-state index contributed by atoms with van der Waals surface area (Å²) in [6, 6.07) is 15.3. The minimum atomic E-state index is -0.0649. The van der Waals surface area contributed by atoms with Gasteiger partial charge in [-0.1, -0.05) is 30.3 Å². The van der Waals surface area contributed by atoms with Gasteiger partial charge < -0.3 is 15.0 Å². The van der Waals surface area contributed by atoms with Gasteiger partial charge in [-0.05, 0) is 18.2 Å². The lowest BCUT2D eigenvalue weighted by Crippen LogP contribution is -2.25. The van der Waals surface area contributed by atoms with Gasteiger partial charge in [-0.3, -0.25) is 4.79 Å². The summed E-state index contributed by atoms with van der Waals surface area (Å²) in [5.41, 5.74) is 2.74. The number of ether oxygens (including phenoxy) is 1. The highest BCUT2D eigenvalue weighted by molar-refractivity contribution is 5.79. The van der Waals surface area contributed by atoms with Crippen LogP contribution in [0.5, 0.6) is 5.75 Å². The molecule has 1 amide bonds. The zero-order valence-electron chi connectivity index (χ0n) is 12.3. The van der Waals surface area contributed by atoms with Crippen LogP contribution in [0.15, 0.2) is 48.5 Å². The summed E-state index contributed by atoms with van der Waals surface area (Å²) in [6.45, 7) is 0.378. The highest BCUT2D eigenvalue weighted by Crippen LogP contribution is 2.17. The average molecular weight is 295 g/mol. The predicted octanol–water partition coefficient (Wildman–Crippen LogP) is 2.43. The van der Waals surface area contributed by atoms with E-state index < -0.39 is 0 Å². The third-order valence-corrected chi connectivity index (χ3v) is 3.43. The number of hydrogen-bond acceptors (Lipinski definition) is 3. The molecule has 22 heavy (non-hydrogen) atoms. The number of aromatic nitrogens is 2. The molecule has 0 fully saturated rings. The van der Waals surface area contributed by atoms with Gasteiger partial charge in [0.1, 0.15) is 11.6 Å². The molecule has 0 bridgehead atoms. The van der Waals surface area contributed by atoms with E-state index in [1.807, 2.05) is 48.5 Å². The molecule has 5 nitrogen and oxygen atoms in total. The van der Waals surface area contributed by atoms with Crippen molar-refractivity contribution in [3.8, 4) is 5.75 Å². The zero-order chi connectivity index (χ0) is 15.4. The summed E-state index contributed by atoms with van der Waals surface area (Å²) in [5.74, 6) is 1.40. The number of fused-ring (bicyclic) bond motifs is 1. The lowest BCUT2D eigenvalue weighted by atomic mass is 10.1. The Morgan fingerprint density at radius 3 is 2.77 bits per heavy atom. The fourth-order valence-electron chi connectivity index (χ4n) is 2.36. The Kier molecular flexibility index (Phi) is 4.05. The second-order valence-electron chi connectivity index (χ2n) is 4.97. The van der Waals surface area contributed by atoms with E-state index in [9.17, 15) is 4.79 Å². The number of carbonyl (C=O) groups excluding carboxylic acids is 1. The number of methoxy groups -OCH3 is 1. The van der Waals surface area contributed by atoms with Crippen LogP contribution in [-0.2, 0) is 17.8 Å². The molecule has 0 saturated carbocycles. The quantitative estimate of drug-likeness (QED) is 0.759. The number of hydrogen-bond donors (Lipinski definition) is 2. The van der Waals surface area contributed by atoms with Crippen molar-refractivity contribution < 1.29 is 9.53 Å². The van der Waals surface area contributed by atoms with Gasteiger partial charge in [-0.15, -0.1) is 0 Å². The number of H-pyrrole nitrogens is 1. The third-order valence-electron chi connectivity index (χ3n) is 3.43. The molecule has 3 aromatic rings. The highest BCUT2D eigenvalue weighted by atomic mass is 16.5. The van der Waals surface area contributed by atoms with Crippen molar-refractivity contribution >= 4 is 16.9 Å². The van der Waals surface area contributed by atoms with Gasteiger partial charge in [0.2, 0.25) is 5.91 Å². The van der Waals surface area contributed by atoms with Gasteiger partial charge in [0.05, 0.1) is 31.1 Å². The Morgan fingerprint density at radius 2 is 1.95 bits per heavy atom. The van der Waals surface area contributed by atoms with Crippen LogP contribution in [0.3, 0.4) is 0 Å². The molecule has 1 aromatic heterocycles. The fourth-order valence-corrected chi connectivity index (χ4v) is 2.36. The first kappa shape index (κ1) is 14.1. The van der Waals surface area contributed by atoms with E-state index in [2.05, 4.69) is 15.3 Å². The van der Waals surface area contributed by atoms with E-state index in [1.54, 1.807) is 7.11 Å². The second kappa shape index (κ2) is 6.30. The van der Waals surface area contributed by atoms with Crippen molar-refractivity contribution in [3.63, 3.8) is 0 Å². The SMILES string of the molecule is COc1ccccc1CC(=O)NCc1nc2ccccc2[nH]1. The Bertz CT molecular complexity index is 762. The number of imidazole rings is 1. The van der Waals surface area contributed by atoms with E-state index in [-0.39, 0.29) is 12.3 Å². The van der Waals surface area contributed by atoms with E-state index in [0.717, 1.165) is 28.2 Å². The predicted molar refractivity (Wildman–Crippen MR) is 84.6 cm³/mol. The summed E-state index contributed by atoms with van der Waals surface area (Å²) in [6.07, 6.45) is 0.282. The molecule has 0 unspecified atom stereocenters. The molecule has 0 aliphatic carbocycles. The number of benzene rings is 2. The minimum absolute atomic E-state index is 0.0649. The molecule has 2 N–H and O–H groups in total. The normalized spacial score (nSPS) is 10.6. The molecule has 0 spiro atoms. The maximum atomic E-state index is 12.1. The van der Waals surface area contributed by atoms with Crippen molar-refractivity contribution in [1.29, 1.82) is 0 Å². The van der Waals surface area contributed by atoms with Gasteiger partial charge >= 0.3 is 0 Å². The van der Waals surface area contributed by atoms with Crippen LogP contribution in [0.4, 0.5) is 0 Å². The third kappa shape index (κ3) is 3.09. The molecule has 2 aromatic carbocycles. The first-order chi connectivity index (χ1) is 10.8. The van der Waals surface area contributed by atoms with E-state index in [4.69, 9.17) is 4.74 Å². The van der Waals surface area contributed by atoms with Crippen molar-refractivity contribution in [2.75, 3.05) is 7.11 Å². The lowest BCUT2D eigenvalue weighted by molar-refractivity contribution is -0.120. The fraction of sp³-hybridized carbons (Fsp3) is 0.176. The number of aromatic amines is 1. The largest absolute Gasteiger partial charge is 0.496 e. The average Bonchev–Trinajstić information content (AvgIpc) is 2.96. The van der Waals surface area contributed by atoms with Gasteiger partial charge in [0, 0.05) is 5.56 Å². The Balaban J connectivity index is 1.62. The van der Waals surface area contributed by atoms with Crippen molar-refractivity contribution in [1.82, 2.24) is 15.3 Å². The number of rotatable bonds is 5. The Labute approximate surface area is 128 Å². The first-order valence-corrected chi connectivity index (χ1v) is 7.08. The van der Waals surface area contributed by atoms with Crippen molar-refractivity contribution in [2.24, 2.45) is 0 Å². The summed E-state index contributed by atoms with van der Waals surface area (Å²) in [7, 11) is 1.60. The smallest absolute Gasteiger partial charge is 0.224 e. The van der Waals surface area contributed by atoms with Crippen LogP contribution in [0.2, 0.25) is 0 Å². The topological polar surface area (TPSA) is 67.0 Å².